The van der Waals surface area contributed by atoms with Crippen LogP contribution in [0.4, 0.5) is 0 Å². The lowest BCUT2D eigenvalue weighted by molar-refractivity contribution is -0.302. The molecule has 1 aliphatic heterocycles. The number of allylic oxidation sites excluding steroid dienone is 19. The molecule has 0 saturated carbocycles. The fraction of sp³-hybridized carbons (Fsp3) is 0.588. The average Bonchev–Trinajstić information content (AvgIpc) is 3.25. The van der Waals surface area contributed by atoms with Gasteiger partial charge in [0.15, 0.2) is 6.29 Å². The summed E-state index contributed by atoms with van der Waals surface area (Å²) >= 11 is 0. The third kappa shape index (κ3) is 29.8. The standard InChI is InChI=1S/C51H81NO8/c1-3-5-7-9-11-13-15-17-19-20-21-22-23-24-25-26-27-29-31-33-35-37-39-41-47(55)52-44(43-59-51-50(58)49(57)48(56)46(42-53)60-51)45(54)40-38-36-34-32-30-28-18-16-14-12-10-8-6-4-2/h5,7,11,13-14,16-17,19,21-22,24-25,27,29-30,32-33,35,38,40,44-46,48-51,53-54,56-58H,3-4,6,8-10,12,15,18,20,23,26,28,31,34,36-37,39,41-43H2,1-2H3,(H,52,55)/b7-5-,13-11-,16-14+,19-17-,22-21-,25-24-,29-27-,32-30+,35-33-,40-38+. The van der Waals surface area contributed by atoms with Gasteiger partial charge in [0.1, 0.15) is 24.4 Å². The Morgan fingerprint density at radius 2 is 1.05 bits per heavy atom. The van der Waals surface area contributed by atoms with E-state index in [-0.39, 0.29) is 18.9 Å². The molecule has 1 heterocycles. The summed E-state index contributed by atoms with van der Waals surface area (Å²) in [6.07, 6.45) is 52.4. The van der Waals surface area contributed by atoms with Crippen molar-refractivity contribution in [1.29, 1.82) is 0 Å². The van der Waals surface area contributed by atoms with Crippen LogP contribution in [0.25, 0.3) is 0 Å². The van der Waals surface area contributed by atoms with Crippen molar-refractivity contribution in [3.05, 3.63) is 122 Å². The van der Waals surface area contributed by atoms with E-state index in [4.69, 9.17) is 9.47 Å². The minimum Gasteiger partial charge on any atom is -0.394 e. The van der Waals surface area contributed by atoms with E-state index in [2.05, 4.69) is 129 Å². The Morgan fingerprint density at radius 1 is 0.583 bits per heavy atom. The maximum absolute atomic E-state index is 12.9. The molecule has 1 aliphatic rings. The molecule has 1 fully saturated rings. The second-order valence-electron chi connectivity index (χ2n) is 15.1. The Balaban J connectivity index is 2.45. The van der Waals surface area contributed by atoms with Gasteiger partial charge in [0, 0.05) is 6.42 Å². The van der Waals surface area contributed by atoms with Crippen LogP contribution < -0.4 is 5.32 Å². The van der Waals surface area contributed by atoms with E-state index in [0.717, 1.165) is 77.0 Å². The number of carbonyl (C=O) groups is 1. The van der Waals surface area contributed by atoms with Crippen LogP contribution in [-0.2, 0) is 14.3 Å². The van der Waals surface area contributed by atoms with Crippen LogP contribution in [0.3, 0.4) is 0 Å². The first-order valence-electron chi connectivity index (χ1n) is 22.8. The minimum atomic E-state index is -1.59. The molecule has 1 amide bonds. The Hall–Kier alpha value is -3.41. The van der Waals surface area contributed by atoms with Crippen molar-refractivity contribution in [3.8, 4) is 0 Å². The second kappa shape index (κ2) is 39.7. The number of rotatable bonds is 35. The van der Waals surface area contributed by atoms with Gasteiger partial charge in [0.25, 0.3) is 0 Å². The predicted octanol–water partition coefficient (Wildman–Crippen LogP) is 9.66. The normalized spacial score (nSPS) is 21.8. The lowest BCUT2D eigenvalue weighted by Gasteiger charge is -2.40. The quantitative estimate of drug-likeness (QED) is 0.0273. The second-order valence-corrected chi connectivity index (χ2v) is 15.1. The largest absolute Gasteiger partial charge is 0.394 e. The smallest absolute Gasteiger partial charge is 0.220 e. The number of ether oxygens (including phenoxy) is 2. The number of carbonyl (C=O) groups excluding carboxylic acids is 1. The fourth-order valence-corrected chi connectivity index (χ4v) is 6.11. The Labute approximate surface area is 363 Å². The monoisotopic (exact) mass is 836 g/mol. The van der Waals surface area contributed by atoms with E-state index in [9.17, 15) is 30.3 Å². The van der Waals surface area contributed by atoms with Gasteiger partial charge in [-0.1, -0.05) is 155 Å². The number of nitrogens with one attached hydrogen (secondary N) is 1. The summed E-state index contributed by atoms with van der Waals surface area (Å²) in [7, 11) is 0. The Morgan fingerprint density at radius 3 is 1.57 bits per heavy atom. The van der Waals surface area contributed by atoms with Crippen molar-refractivity contribution in [2.24, 2.45) is 0 Å². The maximum atomic E-state index is 12.9. The van der Waals surface area contributed by atoms with Gasteiger partial charge >= 0.3 is 0 Å². The first-order chi connectivity index (χ1) is 29.3. The summed E-state index contributed by atoms with van der Waals surface area (Å²) in [6, 6.07) is -0.867. The lowest BCUT2D eigenvalue weighted by atomic mass is 9.99. The third-order valence-electron chi connectivity index (χ3n) is 9.75. The number of aliphatic hydroxyl groups excluding tert-OH is 5. The molecule has 7 unspecified atom stereocenters. The van der Waals surface area contributed by atoms with E-state index >= 15 is 0 Å². The molecule has 338 valence electrons. The van der Waals surface area contributed by atoms with E-state index in [1.54, 1.807) is 6.08 Å². The summed E-state index contributed by atoms with van der Waals surface area (Å²) in [5, 5.41) is 54.1. The zero-order valence-corrected chi connectivity index (χ0v) is 36.9. The molecule has 6 N–H and O–H groups in total. The van der Waals surface area contributed by atoms with E-state index in [1.165, 1.54) is 25.7 Å². The number of aliphatic hydroxyl groups is 5. The van der Waals surface area contributed by atoms with Crippen LogP contribution >= 0.6 is 0 Å². The zero-order chi connectivity index (χ0) is 43.7. The van der Waals surface area contributed by atoms with Gasteiger partial charge in [-0.25, -0.2) is 0 Å². The fourth-order valence-electron chi connectivity index (χ4n) is 6.11. The summed E-state index contributed by atoms with van der Waals surface area (Å²) < 4.78 is 11.2. The summed E-state index contributed by atoms with van der Waals surface area (Å²) in [5.41, 5.74) is 0. The maximum Gasteiger partial charge on any atom is 0.220 e. The first-order valence-corrected chi connectivity index (χ1v) is 22.8. The molecule has 1 rings (SSSR count). The van der Waals surface area contributed by atoms with Crippen molar-refractivity contribution in [2.45, 2.75) is 179 Å². The van der Waals surface area contributed by atoms with Crippen LogP contribution in [0, 0.1) is 0 Å². The molecular formula is C51H81NO8. The van der Waals surface area contributed by atoms with Gasteiger partial charge in [-0.15, -0.1) is 0 Å². The molecule has 0 bridgehead atoms. The van der Waals surface area contributed by atoms with Crippen molar-refractivity contribution in [2.75, 3.05) is 13.2 Å². The van der Waals surface area contributed by atoms with E-state index < -0.39 is 49.5 Å². The first kappa shape index (κ1) is 54.6. The van der Waals surface area contributed by atoms with E-state index in [0.29, 0.717) is 12.8 Å². The van der Waals surface area contributed by atoms with Crippen LogP contribution in [0.15, 0.2) is 122 Å². The molecule has 0 radical (unpaired) electrons. The van der Waals surface area contributed by atoms with Gasteiger partial charge in [-0.3, -0.25) is 4.79 Å². The van der Waals surface area contributed by atoms with Gasteiger partial charge in [-0.2, -0.15) is 0 Å². The molecule has 0 aromatic heterocycles. The molecule has 0 aliphatic carbocycles. The molecule has 0 spiro atoms. The average molecular weight is 836 g/mol. The molecule has 0 aromatic carbocycles. The number of hydrogen-bond acceptors (Lipinski definition) is 8. The van der Waals surface area contributed by atoms with Crippen molar-refractivity contribution in [3.63, 3.8) is 0 Å². The van der Waals surface area contributed by atoms with Crippen LogP contribution in [0.1, 0.15) is 136 Å². The third-order valence-corrected chi connectivity index (χ3v) is 9.75. The Bertz CT molecular complexity index is 1340. The van der Waals surface area contributed by atoms with Crippen LogP contribution in [-0.4, -0.2) is 87.5 Å². The van der Waals surface area contributed by atoms with Gasteiger partial charge in [0.2, 0.25) is 5.91 Å². The lowest BCUT2D eigenvalue weighted by Crippen LogP contribution is -2.60. The highest BCUT2D eigenvalue weighted by atomic mass is 16.7. The molecule has 9 heteroatoms. The van der Waals surface area contributed by atoms with Gasteiger partial charge in [-0.05, 0) is 96.3 Å². The molecule has 7 atom stereocenters. The molecular weight excluding hydrogens is 755 g/mol. The van der Waals surface area contributed by atoms with E-state index in [1.807, 2.05) is 6.08 Å². The minimum absolute atomic E-state index is 0.238. The SMILES string of the molecule is CC/C=C\C/C=C\C/C=C\C/C=C\C/C=C\C/C=C\C/C=C\CCCC(=O)NC(COC1OC(CO)C(O)C(O)C1O)C(O)/C=C/CC/C=C/CC/C=C/CCCCCC. The summed E-state index contributed by atoms with van der Waals surface area (Å²) in [5.74, 6) is -0.256. The predicted molar refractivity (Wildman–Crippen MR) is 248 cm³/mol. The van der Waals surface area contributed by atoms with Crippen molar-refractivity contribution in [1.82, 2.24) is 5.32 Å². The van der Waals surface area contributed by atoms with Crippen molar-refractivity contribution < 1.29 is 39.8 Å². The number of hydrogen-bond donors (Lipinski definition) is 6. The molecule has 1 saturated heterocycles. The summed E-state index contributed by atoms with van der Waals surface area (Å²) in [6.45, 7) is 3.54. The van der Waals surface area contributed by atoms with Crippen LogP contribution in [0.2, 0.25) is 0 Å². The Kier molecular flexibility index (Phi) is 36.1. The van der Waals surface area contributed by atoms with Gasteiger partial charge < -0.3 is 40.3 Å². The summed E-state index contributed by atoms with van der Waals surface area (Å²) in [4.78, 5) is 12.9. The molecule has 0 aromatic rings. The number of unbranched alkanes of at least 4 members (excludes halogenated alkanes) is 7. The topological polar surface area (TPSA) is 149 Å². The van der Waals surface area contributed by atoms with Crippen LogP contribution in [0.5, 0.6) is 0 Å². The highest BCUT2D eigenvalue weighted by Crippen LogP contribution is 2.22. The van der Waals surface area contributed by atoms with Crippen molar-refractivity contribution >= 4 is 5.91 Å². The zero-order valence-electron chi connectivity index (χ0n) is 36.9. The van der Waals surface area contributed by atoms with Gasteiger partial charge in [0.05, 0.1) is 25.4 Å². The molecule has 60 heavy (non-hydrogen) atoms. The number of amides is 1. The highest BCUT2D eigenvalue weighted by Gasteiger charge is 2.44. The highest BCUT2D eigenvalue weighted by molar-refractivity contribution is 5.76. The molecule has 9 nitrogen and oxygen atoms in total.